The van der Waals surface area contributed by atoms with Crippen LogP contribution in [0.4, 0.5) is 0 Å². The lowest BCUT2D eigenvalue weighted by atomic mass is 9.85. The molecule has 0 saturated heterocycles. The lowest BCUT2D eigenvalue weighted by Crippen LogP contribution is -2.61. The SMILES string of the molecule is CCNC1CC(Oc2ccc3c(c2)CCC3)C1OCC. The van der Waals surface area contributed by atoms with Crippen LogP contribution in [-0.2, 0) is 17.6 Å². The summed E-state index contributed by atoms with van der Waals surface area (Å²) in [5.74, 6) is 1.01. The van der Waals surface area contributed by atoms with Crippen LogP contribution in [-0.4, -0.2) is 31.4 Å². The molecule has 3 heteroatoms. The van der Waals surface area contributed by atoms with Crippen molar-refractivity contribution >= 4 is 0 Å². The quantitative estimate of drug-likeness (QED) is 0.866. The van der Waals surface area contributed by atoms with Gasteiger partial charge in [-0.25, -0.2) is 0 Å². The predicted molar refractivity (Wildman–Crippen MR) is 80.4 cm³/mol. The van der Waals surface area contributed by atoms with Crippen LogP contribution >= 0.6 is 0 Å². The average molecular weight is 275 g/mol. The number of nitrogens with one attached hydrogen (secondary N) is 1. The number of ether oxygens (including phenoxy) is 2. The molecular formula is C17H25NO2. The first kappa shape index (κ1) is 13.9. The van der Waals surface area contributed by atoms with Crippen LogP contribution in [0.1, 0.15) is 37.8 Å². The maximum absolute atomic E-state index is 6.15. The Morgan fingerprint density at radius 2 is 2.05 bits per heavy atom. The molecule has 20 heavy (non-hydrogen) atoms. The second-order valence-corrected chi connectivity index (χ2v) is 5.76. The lowest BCUT2D eigenvalue weighted by Gasteiger charge is -2.44. The molecule has 2 aliphatic carbocycles. The minimum absolute atomic E-state index is 0.188. The van der Waals surface area contributed by atoms with Gasteiger partial charge in [0.05, 0.1) is 0 Å². The van der Waals surface area contributed by atoms with Crippen molar-refractivity contribution in [2.24, 2.45) is 0 Å². The molecule has 0 heterocycles. The Hall–Kier alpha value is -1.06. The molecule has 110 valence electrons. The second kappa shape index (κ2) is 6.15. The van der Waals surface area contributed by atoms with Gasteiger partial charge in [0.1, 0.15) is 18.0 Å². The highest BCUT2D eigenvalue weighted by Gasteiger charge is 2.43. The molecule has 1 aromatic rings. The summed E-state index contributed by atoms with van der Waals surface area (Å²) in [6.45, 7) is 5.92. The monoisotopic (exact) mass is 275 g/mol. The molecule has 1 N–H and O–H groups in total. The highest BCUT2D eigenvalue weighted by atomic mass is 16.5. The van der Waals surface area contributed by atoms with Gasteiger partial charge in [-0.3, -0.25) is 0 Å². The number of aryl methyl sites for hydroxylation is 2. The molecule has 0 bridgehead atoms. The van der Waals surface area contributed by atoms with Crippen molar-refractivity contribution in [3.8, 4) is 5.75 Å². The summed E-state index contributed by atoms with van der Waals surface area (Å²) in [6, 6.07) is 7.02. The zero-order valence-corrected chi connectivity index (χ0v) is 12.5. The third-order valence-corrected chi connectivity index (χ3v) is 4.43. The highest BCUT2D eigenvalue weighted by molar-refractivity contribution is 5.38. The first-order valence-corrected chi connectivity index (χ1v) is 7.95. The Labute approximate surface area is 121 Å². The second-order valence-electron chi connectivity index (χ2n) is 5.76. The Bertz CT molecular complexity index is 460. The topological polar surface area (TPSA) is 30.5 Å². The summed E-state index contributed by atoms with van der Waals surface area (Å²) in [4.78, 5) is 0. The van der Waals surface area contributed by atoms with Crippen molar-refractivity contribution < 1.29 is 9.47 Å². The number of hydrogen-bond acceptors (Lipinski definition) is 3. The van der Waals surface area contributed by atoms with E-state index in [1.54, 1.807) is 0 Å². The summed E-state index contributed by atoms with van der Waals surface area (Å²) in [6.07, 6.45) is 5.13. The van der Waals surface area contributed by atoms with Gasteiger partial charge in [-0.1, -0.05) is 13.0 Å². The zero-order valence-electron chi connectivity index (χ0n) is 12.5. The van der Waals surface area contributed by atoms with Gasteiger partial charge >= 0.3 is 0 Å². The van der Waals surface area contributed by atoms with Gasteiger partial charge in [-0.2, -0.15) is 0 Å². The number of fused-ring (bicyclic) bond motifs is 1. The molecule has 1 fully saturated rings. The van der Waals surface area contributed by atoms with E-state index in [1.807, 2.05) is 6.92 Å². The molecule has 1 saturated carbocycles. The summed E-state index contributed by atoms with van der Waals surface area (Å²) in [7, 11) is 0. The average Bonchev–Trinajstić information content (AvgIpc) is 2.91. The van der Waals surface area contributed by atoms with Gasteiger partial charge in [-0.15, -0.1) is 0 Å². The van der Waals surface area contributed by atoms with Gasteiger partial charge in [-0.05, 0) is 56.0 Å². The van der Waals surface area contributed by atoms with Crippen LogP contribution in [0.5, 0.6) is 5.75 Å². The van der Waals surface area contributed by atoms with Gasteiger partial charge in [0.2, 0.25) is 0 Å². The lowest BCUT2D eigenvalue weighted by molar-refractivity contribution is -0.104. The van der Waals surface area contributed by atoms with E-state index in [2.05, 4.69) is 30.4 Å². The van der Waals surface area contributed by atoms with E-state index >= 15 is 0 Å². The van der Waals surface area contributed by atoms with Crippen molar-refractivity contribution in [2.75, 3.05) is 13.2 Å². The Balaban J connectivity index is 1.62. The van der Waals surface area contributed by atoms with E-state index in [0.717, 1.165) is 25.3 Å². The third-order valence-electron chi connectivity index (χ3n) is 4.43. The Morgan fingerprint density at radius 3 is 2.85 bits per heavy atom. The van der Waals surface area contributed by atoms with Gasteiger partial charge in [0.15, 0.2) is 0 Å². The fraction of sp³-hybridized carbons (Fsp3) is 0.647. The van der Waals surface area contributed by atoms with E-state index < -0.39 is 0 Å². The molecule has 3 rings (SSSR count). The van der Waals surface area contributed by atoms with E-state index in [9.17, 15) is 0 Å². The normalized spacial score (nSPS) is 28.0. The number of hydrogen-bond donors (Lipinski definition) is 1. The van der Waals surface area contributed by atoms with Gasteiger partial charge in [0.25, 0.3) is 0 Å². The molecule has 0 aromatic heterocycles. The van der Waals surface area contributed by atoms with Crippen LogP contribution in [0.25, 0.3) is 0 Å². The van der Waals surface area contributed by atoms with E-state index in [1.165, 1.54) is 30.4 Å². The van der Waals surface area contributed by atoms with Crippen molar-refractivity contribution in [3.63, 3.8) is 0 Å². The van der Waals surface area contributed by atoms with Crippen molar-refractivity contribution in [2.45, 2.75) is 57.8 Å². The zero-order chi connectivity index (χ0) is 13.9. The minimum Gasteiger partial charge on any atom is -0.488 e. The van der Waals surface area contributed by atoms with Crippen LogP contribution < -0.4 is 10.1 Å². The van der Waals surface area contributed by atoms with Crippen LogP contribution in [0.2, 0.25) is 0 Å². The van der Waals surface area contributed by atoms with Crippen LogP contribution in [0.15, 0.2) is 18.2 Å². The summed E-state index contributed by atoms with van der Waals surface area (Å²) in [5.41, 5.74) is 2.97. The predicted octanol–water partition coefficient (Wildman–Crippen LogP) is 2.71. The van der Waals surface area contributed by atoms with Crippen molar-refractivity contribution in [1.29, 1.82) is 0 Å². The van der Waals surface area contributed by atoms with Crippen molar-refractivity contribution in [3.05, 3.63) is 29.3 Å². The molecule has 0 spiro atoms. The smallest absolute Gasteiger partial charge is 0.128 e. The summed E-state index contributed by atoms with van der Waals surface area (Å²) < 4.78 is 12.0. The van der Waals surface area contributed by atoms with Crippen LogP contribution in [0.3, 0.4) is 0 Å². The Morgan fingerprint density at radius 1 is 1.20 bits per heavy atom. The van der Waals surface area contributed by atoms with Crippen LogP contribution in [0, 0.1) is 0 Å². The van der Waals surface area contributed by atoms with Gasteiger partial charge in [0, 0.05) is 19.1 Å². The molecule has 0 amide bonds. The van der Waals surface area contributed by atoms with E-state index in [0.29, 0.717) is 6.04 Å². The maximum Gasteiger partial charge on any atom is 0.128 e. The number of rotatable bonds is 6. The molecule has 2 aliphatic rings. The first-order valence-electron chi connectivity index (χ1n) is 7.95. The fourth-order valence-electron chi connectivity index (χ4n) is 3.37. The molecule has 1 aromatic carbocycles. The van der Waals surface area contributed by atoms with Crippen molar-refractivity contribution in [1.82, 2.24) is 5.32 Å². The molecule has 3 nitrogen and oxygen atoms in total. The summed E-state index contributed by atoms with van der Waals surface area (Å²) >= 11 is 0. The molecule has 0 radical (unpaired) electrons. The number of likely N-dealkylation sites (N-methyl/N-ethyl adjacent to an activating group) is 1. The summed E-state index contributed by atoms with van der Waals surface area (Å²) in [5, 5.41) is 3.47. The largest absolute Gasteiger partial charge is 0.488 e. The maximum atomic E-state index is 6.15. The third kappa shape index (κ3) is 2.70. The fourth-order valence-corrected chi connectivity index (χ4v) is 3.37. The van der Waals surface area contributed by atoms with E-state index in [4.69, 9.17) is 9.47 Å². The Kier molecular flexibility index (Phi) is 4.27. The highest BCUT2D eigenvalue weighted by Crippen LogP contribution is 2.32. The van der Waals surface area contributed by atoms with Gasteiger partial charge < -0.3 is 14.8 Å². The first-order chi connectivity index (χ1) is 9.81. The standard InChI is InChI=1S/C17H25NO2/c1-3-18-15-11-16(17(15)19-4-2)20-14-9-8-12-6-5-7-13(12)10-14/h8-10,15-18H,3-7,11H2,1-2H3. The molecular weight excluding hydrogens is 250 g/mol. The molecule has 3 unspecified atom stereocenters. The molecule has 0 aliphatic heterocycles. The molecule has 3 atom stereocenters. The minimum atomic E-state index is 0.188. The number of benzene rings is 1. The van der Waals surface area contributed by atoms with E-state index in [-0.39, 0.29) is 12.2 Å².